The maximum Gasteiger partial charge on any atom is 0.0412 e. The lowest BCUT2D eigenvalue weighted by atomic mass is 10.0. The van der Waals surface area contributed by atoms with Gasteiger partial charge in [-0.2, -0.15) is 0 Å². The van der Waals surface area contributed by atoms with Crippen LogP contribution in [0.2, 0.25) is 5.02 Å². The molecule has 72 valence electrons. The van der Waals surface area contributed by atoms with Crippen LogP contribution in [0.4, 0.5) is 0 Å². The number of alkyl halides is 1. The van der Waals surface area contributed by atoms with Crippen molar-refractivity contribution in [1.29, 1.82) is 0 Å². The van der Waals surface area contributed by atoms with Gasteiger partial charge in [0.05, 0.1) is 0 Å². The lowest BCUT2D eigenvalue weighted by Gasteiger charge is -2.04. The molecule has 0 spiro atoms. The zero-order chi connectivity index (χ0) is 9.97. The molecule has 0 heterocycles. The molecule has 0 unspecified atom stereocenters. The molecule has 2 aromatic rings. The third-order valence-corrected chi connectivity index (χ3v) is 2.93. The number of benzene rings is 2. The molecule has 0 nitrogen and oxygen atoms in total. The lowest BCUT2D eigenvalue weighted by Crippen LogP contribution is -1.87. The van der Waals surface area contributed by atoms with Crippen molar-refractivity contribution in [2.45, 2.75) is 6.42 Å². The molecule has 0 N–H and O–H groups in total. The number of hydrogen-bond acceptors (Lipinski definition) is 0. The van der Waals surface area contributed by atoms with Gasteiger partial charge in [-0.15, -0.1) is 0 Å². The fourth-order valence-corrected chi connectivity index (χ4v) is 2.25. The molecule has 2 rings (SSSR count). The van der Waals surface area contributed by atoms with Gasteiger partial charge < -0.3 is 0 Å². The molecule has 0 amide bonds. The van der Waals surface area contributed by atoms with Crippen LogP contribution in [0.3, 0.4) is 0 Å². The first-order valence-electron chi connectivity index (χ1n) is 4.54. The first-order valence-corrected chi connectivity index (χ1v) is 6.04. The Hall–Kier alpha value is -0.530. The van der Waals surface area contributed by atoms with Crippen molar-refractivity contribution in [2.24, 2.45) is 0 Å². The molecule has 0 atom stereocenters. The highest BCUT2D eigenvalue weighted by Crippen LogP contribution is 2.23. The second kappa shape index (κ2) is 4.33. The van der Waals surface area contributed by atoms with Crippen LogP contribution in [-0.4, -0.2) is 5.33 Å². The Morgan fingerprint density at radius 1 is 1.14 bits per heavy atom. The van der Waals surface area contributed by atoms with E-state index in [9.17, 15) is 0 Å². The summed E-state index contributed by atoms with van der Waals surface area (Å²) in [6.45, 7) is 0. The van der Waals surface area contributed by atoms with Crippen LogP contribution in [0.5, 0.6) is 0 Å². The molecule has 0 fully saturated rings. The van der Waals surface area contributed by atoms with Crippen LogP contribution in [0.15, 0.2) is 36.4 Å². The Balaban J connectivity index is 2.62. The van der Waals surface area contributed by atoms with E-state index >= 15 is 0 Å². The minimum Gasteiger partial charge on any atom is -0.0924 e. The van der Waals surface area contributed by atoms with Crippen molar-refractivity contribution in [3.63, 3.8) is 0 Å². The summed E-state index contributed by atoms with van der Waals surface area (Å²) in [4.78, 5) is 0. The van der Waals surface area contributed by atoms with E-state index in [0.29, 0.717) is 0 Å². The van der Waals surface area contributed by atoms with Crippen molar-refractivity contribution in [1.82, 2.24) is 0 Å². The summed E-state index contributed by atoms with van der Waals surface area (Å²) in [5, 5.41) is 4.31. The summed E-state index contributed by atoms with van der Waals surface area (Å²) in [6, 6.07) is 12.4. The quantitative estimate of drug-likeness (QED) is 0.708. The van der Waals surface area contributed by atoms with E-state index in [1.807, 2.05) is 12.1 Å². The van der Waals surface area contributed by atoms with Crippen LogP contribution in [0.25, 0.3) is 10.8 Å². The minimum atomic E-state index is 0.800. The third-order valence-electron chi connectivity index (χ3n) is 2.30. The molecular weight excluding hydrogens is 259 g/mol. The fourth-order valence-electron chi connectivity index (χ4n) is 1.64. The molecule has 2 aromatic carbocycles. The Morgan fingerprint density at radius 3 is 2.79 bits per heavy atom. The van der Waals surface area contributed by atoms with E-state index in [-0.39, 0.29) is 0 Å². The second-order valence-electron chi connectivity index (χ2n) is 3.22. The Morgan fingerprint density at radius 2 is 2.00 bits per heavy atom. The summed E-state index contributed by atoms with van der Waals surface area (Å²) in [5.41, 5.74) is 1.37. The normalized spacial score (nSPS) is 10.7. The minimum absolute atomic E-state index is 0.800. The van der Waals surface area contributed by atoms with Gasteiger partial charge in [-0.25, -0.2) is 0 Å². The molecule has 0 radical (unpaired) electrons. The van der Waals surface area contributed by atoms with Gasteiger partial charge in [-0.1, -0.05) is 51.8 Å². The van der Waals surface area contributed by atoms with Gasteiger partial charge in [0.2, 0.25) is 0 Å². The van der Waals surface area contributed by atoms with Crippen LogP contribution in [0, 0.1) is 0 Å². The largest absolute Gasteiger partial charge is 0.0924 e. The van der Waals surface area contributed by atoms with Crippen molar-refractivity contribution in [3.8, 4) is 0 Å². The van der Waals surface area contributed by atoms with Crippen molar-refractivity contribution in [2.75, 3.05) is 5.33 Å². The van der Waals surface area contributed by atoms with E-state index in [1.54, 1.807) is 0 Å². The van der Waals surface area contributed by atoms with Gasteiger partial charge in [0.1, 0.15) is 0 Å². The molecule has 0 aliphatic carbocycles. The summed E-state index contributed by atoms with van der Waals surface area (Å²) in [6.07, 6.45) is 1.05. The Bertz CT molecular complexity index is 451. The average molecular weight is 270 g/mol. The summed E-state index contributed by atoms with van der Waals surface area (Å²) >= 11 is 9.40. The highest BCUT2D eigenvalue weighted by molar-refractivity contribution is 9.09. The van der Waals surface area contributed by atoms with Crippen molar-refractivity contribution < 1.29 is 0 Å². The molecule has 0 saturated heterocycles. The monoisotopic (exact) mass is 268 g/mol. The predicted octanol–water partition coefficient (Wildman–Crippen LogP) is 4.43. The molecule has 0 aliphatic heterocycles. The highest BCUT2D eigenvalue weighted by atomic mass is 79.9. The van der Waals surface area contributed by atoms with Gasteiger partial charge in [0.15, 0.2) is 0 Å². The number of fused-ring (bicyclic) bond motifs is 1. The van der Waals surface area contributed by atoms with E-state index in [1.165, 1.54) is 16.3 Å². The van der Waals surface area contributed by atoms with Crippen molar-refractivity contribution in [3.05, 3.63) is 47.0 Å². The second-order valence-corrected chi connectivity index (χ2v) is 4.45. The van der Waals surface area contributed by atoms with Crippen LogP contribution in [0.1, 0.15) is 5.56 Å². The SMILES string of the molecule is Clc1ccc2c(CCBr)cccc2c1. The number of hydrogen-bond donors (Lipinski definition) is 0. The number of aryl methyl sites for hydroxylation is 1. The summed E-state index contributed by atoms with van der Waals surface area (Å²) in [7, 11) is 0. The topological polar surface area (TPSA) is 0 Å². The maximum atomic E-state index is 5.94. The summed E-state index contributed by atoms with van der Waals surface area (Å²) in [5.74, 6) is 0. The predicted molar refractivity (Wildman–Crippen MR) is 66.5 cm³/mol. The first-order chi connectivity index (χ1) is 6.81. The van der Waals surface area contributed by atoms with Gasteiger partial charge >= 0.3 is 0 Å². The van der Waals surface area contributed by atoms with Gasteiger partial charge in [0, 0.05) is 10.4 Å². The molecule has 0 aliphatic rings. The first kappa shape index (κ1) is 10.0. The van der Waals surface area contributed by atoms with Gasteiger partial charge in [-0.05, 0) is 34.9 Å². The molecule has 0 bridgehead atoms. The average Bonchev–Trinajstić information content (AvgIpc) is 2.18. The fraction of sp³-hybridized carbons (Fsp3) is 0.167. The Kier molecular flexibility index (Phi) is 3.09. The molecular formula is C12H10BrCl. The van der Waals surface area contributed by atoms with Gasteiger partial charge in [-0.3, -0.25) is 0 Å². The zero-order valence-corrected chi connectivity index (χ0v) is 9.98. The van der Waals surface area contributed by atoms with Crippen molar-refractivity contribution >= 4 is 38.3 Å². The van der Waals surface area contributed by atoms with E-state index < -0.39 is 0 Å². The molecule has 0 saturated carbocycles. The standard InChI is InChI=1S/C12H10BrCl/c13-7-6-9-2-1-3-10-8-11(14)4-5-12(9)10/h1-5,8H,6-7H2. The van der Waals surface area contributed by atoms with Crippen LogP contribution in [-0.2, 0) is 6.42 Å². The molecule has 2 heteroatoms. The van der Waals surface area contributed by atoms with E-state index in [4.69, 9.17) is 11.6 Å². The number of rotatable bonds is 2. The highest BCUT2D eigenvalue weighted by Gasteiger charge is 2.00. The lowest BCUT2D eigenvalue weighted by molar-refractivity contribution is 1.19. The van der Waals surface area contributed by atoms with E-state index in [0.717, 1.165) is 16.8 Å². The molecule has 14 heavy (non-hydrogen) atoms. The van der Waals surface area contributed by atoms with Crippen LogP contribution >= 0.6 is 27.5 Å². The summed E-state index contributed by atoms with van der Waals surface area (Å²) < 4.78 is 0. The van der Waals surface area contributed by atoms with E-state index in [2.05, 4.69) is 40.2 Å². The smallest absolute Gasteiger partial charge is 0.0412 e. The number of halogens is 2. The molecule has 0 aromatic heterocycles. The van der Waals surface area contributed by atoms with Gasteiger partial charge in [0.25, 0.3) is 0 Å². The Labute approximate surface area is 97.0 Å². The maximum absolute atomic E-state index is 5.94. The third kappa shape index (κ3) is 1.94. The van der Waals surface area contributed by atoms with Crippen LogP contribution < -0.4 is 0 Å². The zero-order valence-electron chi connectivity index (χ0n) is 7.63.